The number of pyridine rings is 1. The molecule has 2 aromatic heterocycles. The van der Waals surface area contributed by atoms with E-state index < -0.39 is 0 Å². The van der Waals surface area contributed by atoms with Crippen LogP contribution in [0.1, 0.15) is 55.1 Å². The second kappa shape index (κ2) is 6.13. The van der Waals surface area contributed by atoms with Crippen molar-refractivity contribution in [3.63, 3.8) is 0 Å². The lowest BCUT2D eigenvalue weighted by molar-refractivity contribution is 0.0235. The molecule has 1 aliphatic carbocycles. The molecule has 5 nitrogen and oxygen atoms in total. The van der Waals surface area contributed by atoms with Crippen LogP contribution in [0.4, 0.5) is 0 Å². The van der Waals surface area contributed by atoms with Crippen LogP contribution in [0, 0.1) is 0 Å². The number of rotatable bonds is 2. The van der Waals surface area contributed by atoms with Crippen LogP contribution < -0.4 is 10.5 Å². The number of nitrogens with two attached hydrogens (primary N) is 1. The summed E-state index contributed by atoms with van der Waals surface area (Å²) in [4.78, 5) is 16.2. The van der Waals surface area contributed by atoms with E-state index in [-0.39, 0.29) is 23.9 Å². The number of nitrogens with zero attached hydrogens (tertiary/aromatic N) is 2. The molecule has 1 fully saturated rings. The van der Waals surface area contributed by atoms with Crippen molar-refractivity contribution < 1.29 is 9.53 Å². The highest BCUT2D eigenvalue weighted by atomic mass is 35.5. The molecule has 1 amide bonds. The third-order valence-electron chi connectivity index (χ3n) is 5.16. The fraction of sp³-hybridized carbons (Fsp3) is 0.444. The first kappa shape index (κ1) is 16.8. The largest absolute Gasteiger partial charge is 0.480 e. The van der Waals surface area contributed by atoms with Gasteiger partial charge < -0.3 is 15.0 Å². The van der Waals surface area contributed by atoms with Gasteiger partial charge in [-0.2, -0.15) is 0 Å². The zero-order valence-corrected chi connectivity index (χ0v) is 14.6. The zero-order valence-electron chi connectivity index (χ0n) is 13.7. The fourth-order valence-corrected chi connectivity index (χ4v) is 4.14. The molecule has 3 heterocycles. The summed E-state index contributed by atoms with van der Waals surface area (Å²) in [6.07, 6.45) is 9.00. The maximum atomic E-state index is 11.9. The highest BCUT2D eigenvalue weighted by Gasteiger charge is 2.44. The van der Waals surface area contributed by atoms with E-state index >= 15 is 0 Å². The Kier molecular flexibility index (Phi) is 4.30. The molecular formula is C18H22ClN3O2. The van der Waals surface area contributed by atoms with Crippen molar-refractivity contribution in [2.75, 3.05) is 0 Å². The van der Waals surface area contributed by atoms with Gasteiger partial charge in [0.25, 0.3) is 5.91 Å². The molecule has 2 aliphatic rings. The topological polar surface area (TPSA) is 70.1 Å². The zero-order chi connectivity index (χ0) is 16.0. The number of fused-ring (bicyclic) bond motifs is 4. The van der Waals surface area contributed by atoms with Gasteiger partial charge in [-0.3, -0.25) is 9.78 Å². The molecule has 0 unspecified atom stereocenters. The second-order valence-electron chi connectivity index (χ2n) is 6.43. The van der Waals surface area contributed by atoms with E-state index in [0.717, 1.165) is 48.3 Å². The minimum atomic E-state index is -0.386. The predicted octanol–water partition coefficient (Wildman–Crippen LogP) is 3.64. The first-order valence-corrected chi connectivity index (χ1v) is 8.33. The van der Waals surface area contributed by atoms with E-state index in [0.29, 0.717) is 12.2 Å². The standard InChI is InChI=1S/C18H21N3O2.ClH/c1-2-21-14(17(19)22)10-13-16(21)12-6-9-20-11-15(12)23-18(13)7-4-3-5-8-18;/h6,9-11H,2-5,7-8H2,1H3,(H2,19,22);1H. The summed E-state index contributed by atoms with van der Waals surface area (Å²) in [7, 11) is 0. The number of halogens is 1. The normalized spacial score (nSPS) is 17.4. The predicted molar refractivity (Wildman–Crippen MR) is 94.5 cm³/mol. The Morgan fingerprint density at radius 1 is 1.38 bits per heavy atom. The Morgan fingerprint density at radius 2 is 2.12 bits per heavy atom. The molecule has 0 aromatic carbocycles. The number of carbonyl (C=O) groups excluding carboxylic acids is 1. The Labute approximate surface area is 147 Å². The van der Waals surface area contributed by atoms with Crippen LogP contribution in [0.3, 0.4) is 0 Å². The minimum absolute atomic E-state index is 0. The van der Waals surface area contributed by atoms with Gasteiger partial charge in [-0.1, -0.05) is 6.42 Å². The molecule has 0 radical (unpaired) electrons. The van der Waals surface area contributed by atoms with Gasteiger partial charge in [-0.15, -0.1) is 12.4 Å². The van der Waals surface area contributed by atoms with Crippen LogP contribution in [-0.2, 0) is 12.1 Å². The van der Waals surface area contributed by atoms with E-state index in [9.17, 15) is 4.79 Å². The number of carbonyl (C=O) groups is 1. The van der Waals surface area contributed by atoms with Crippen LogP contribution in [0.15, 0.2) is 24.5 Å². The van der Waals surface area contributed by atoms with Gasteiger partial charge in [0.2, 0.25) is 0 Å². The molecule has 0 saturated heterocycles. The molecule has 24 heavy (non-hydrogen) atoms. The summed E-state index contributed by atoms with van der Waals surface area (Å²) in [6, 6.07) is 3.91. The van der Waals surface area contributed by atoms with Crippen molar-refractivity contribution in [2.45, 2.75) is 51.2 Å². The van der Waals surface area contributed by atoms with Crippen LogP contribution in [0.25, 0.3) is 11.3 Å². The van der Waals surface area contributed by atoms with Gasteiger partial charge in [-0.05, 0) is 44.7 Å². The molecule has 1 spiro atoms. The van der Waals surface area contributed by atoms with E-state index in [2.05, 4.69) is 4.98 Å². The lowest BCUT2D eigenvalue weighted by atomic mass is 9.77. The third-order valence-corrected chi connectivity index (χ3v) is 5.16. The van der Waals surface area contributed by atoms with Crippen LogP contribution >= 0.6 is 12.4 Å². The van der Waals surface area contributed by atoms with Crippen molar-refractivity contribution in [1.82, 2.24) is 9.55 Å². The lowest BCUT2D eigenvalue weighted by Gasteiger charge is -2.41. The molecule has 6 heteroatoms. The highest BCUT2D eigenvalue weighted by Crippen LogP contribution is 2.51. The van der Waals surface area contributed by atoms with Crippen LogP contribution in [0.5, 0.6) is 5.75 Å². The van der Waals surface area contributed by atoms with Gasteiger partial charge >= 0.3 is 0 Å². The number of hydrogen-bond acceptors (Lipinski definition) is 3. The Hall–Kier alpha value is -2.01. The van der Waals surface area contributed by atoms with E-state index in [4.69, 9.17) is 10.5 Å². The number of ether oxygens (including phenoxy) is 1. The maximum Gasteiger partial charge on any atom is 0.265 e. The van der Waals surface area contributed by atoms with Crippen molar-refractivity contribution >= 4 is 18.3 Å². The van der Waals surface area contributed by atoms with Gasteiger partial charge in [-0.25, -0.2) is 0 Å². The molecule has 1 aliphatic heterocycles. The lowest BCUT2D eigenvalue weighted by Crippen LogP contribution is -2.38. The van der Waals surface area contributed by atoms with Gasteiger partial charge in [0.1, 0.15) is 17.0 Å². The Balaban J connectivity index is 0.00000169. The third kappa shape index (κ3) is 2.30. The fourth-order valence-electron chi connectivity index (χ4n) is 4.14. The number of primary amides is 1. The molecule has 128 valence electrons. The van der Waals surface area contributed by atoms with Gasteiger partial charge in [0, 0.05) is 23.9 Å². The number of hydrogen-bond donors (Lipinski definition) is 1. The quantitative estimate of drug-likeness (QED) is 0.901. The minimum Gasteiger partial charge on any atom is -0.480 e. The van der Waals surface area contributed by atoms with Gasteiger partial charge in [0.05, 0.1) is 11.9 Å². The molecule has 2 N–H and O–H groups in total. The highest BCUT2D eigenvalue weighted by molar-refractivity contribution is 5.94. The summed E-state index contributed by atoms with van der Waals surface area (Å²) >= 11 is 0. The van der Waals surface area contributed by atoms with Crippen molar-refractivity contribution in [3.05, 3.63) is 35.8 Å². The number of aromatic nitrogens is 2. The van der Waals surface area contributed by atoms with Crippen molar-refractivity contribution in [1.29, 1.82) is 0 Å². The average molecular weight is 348 g/mol. The van der Waals surface area contributed by atoms with Gasteiger partial charge in [0.15, 0.2) is 0 Å². The average Bonchev–Trinajstić information content (AvgIpc) is 2.97. The Bertz CT molecular complexity index is 779. The molecule has 1 saturated carbocycles. The van der Waals surface area contributed by atoms with E-state index in [1.165, 1.54) is 6.42 Å². The number of amides is 1. The van der Waals surface area contributed by atoms with Crippen LogP contribution in [-0.4, -0.2) is 15.5 Å². The van der Waals surface area contributed by atoms with Crippen molar-refractivity contribution in [2.24, 2.45) is 5.73 Å². The first-order valence-electron chi connectivity index (χ1n) is 8.33. The first-order chi connectivity index (χ1) is 11.2. The summed E-state index contributed by atoms with van der Waals surface area (Å²) in [6.45, 7) is 2.74. The molecule has 4 rings (SSSR count). The summed E-state index contributed by atoms with van der Waals surface area (Å²) in [5.41, 5.74) is 9.05. The summed E-state index contributed by atoms with van der Waals surface area (Å²) < 4.78 is 8.47. The molecule has 0 atom stereocenters. The van der Waals surface area contributed by atoms with Crippen LogP contribution in [0.2, 0.25) is 0 Å². The summed E-state index contributed by atoms with van der Waals surface area (Å²) in [5, 5.41) is 0. The molecule has 2 aromatic rings. The second-order valence-corrected chi connectivity index (χ2v) is 6.43. The van der Waals surface area contributed by atoms with E-state index in [1.807, 2.05) is 23.6 Å². The molecule has 0 bridgehead atoms. The molecular weight excluding hydrogens is 326 g/mol. The van der Waals surface area contributed by atoms with E-state index in [1.54, 1.807) is 12.4 Å². The van der Waals surface area contributed by atoms with Crippen molar-refractivity contribution in [3.8, 4) is 17.0 Å². The SMILES string of the molecule is CCn1c(C(N)=O)cc2c1-c1ccncc1OC21CCCCC1.Cl. The monoisotopic (exact) mass is 347 g/mol. The maximum absolute atomic E-state index is 11.9. The smallest absolute Gasteiger partial charge is 0.265 e. The Morgan fingerprint density at radius 3 is 2.79 bits per heavy atom. The summed E-state index contributed by atoms with van der Waals surface area (Å²) in [5.74, 6) is 0.425.